The van der Waals surface area contributed by atoms with Crippen LogP contribution >= 0.6 is 0 Å². The number of fused-ring (bicyclic) bond motifs is 1. The summed E-state index contributed by atoms with van der Waals surface area (Å²) < 4.78 is 2.23. The fourth-order valence-corrected chi connectivity index (χ4v) is 3.62. The van der Waals surface area contributed by atoms with E-state index in [9.17, 15) is 0 Å². The first-order valence-corrected chi connectivity index (χ1v) is 8.56. The van der Waals surface area contributed by atoms with Crippen molar-refractivity contribution in [2.24, 2.45) is 7.05 Å². The second-order valence-electron chi connectivity index (χ2n) is 6.46. The quantitative estimate of drug-likeness (QED) is 0.639. The molecule has 2 nitrogen and oxygen atoms in total. The van der Waals surface area contributed by atoms with E-state index in [1.165, 1.54) is 60.1 Å². The van der Waals surface area contributed by atoms with E-state index in [0.29, 0.717) is 0 Å². The second-order valence-corrected chi connectivity index (χ2v) is 6.46. The molecule has 0 radical (unpaired) electrons. The van der Waals surface area contributed by atoms with Crippen LogP contribution in [0.15, 0.2) is 60.8 Å². The Labute approximate surface area is 138 Å². The smallest absolute Gasteiger partial charge is 0.214 e. The maximum atomic E-state index is 2.53. The first-order valence-electron chi connectivity index (χ1n) is 8.56. The largest absolute Gasteiger partial charge is 0.371 e. The molecule has 0 N–H and O–H groups in total. The van der Waals surface area contributed by atoms with E-state index in [-0.39, 0.29) is 0 Å². The van der Waals surface area contributed by atoms with Gasteiger partial charge < -0.3 is 4.90 Å². The van der Waals surface area contributed by atoms with E-state index in [1.54, 1.807) is 0 Å². The van der Waals surface area contributed by atoms with Gasteiger partial charge >= 0.3 is 0 Å². The maximum Gasteiger partial charge on any atom is 0.214 e. The number of piperidine rings is 1. The van der Waals surface area contributed by atoms with Crippen molar-refractivity contribution in [1.29, 1.82) is 0 Å². The van der Waals surface area contributed by atoms with Crippen LogP contribution in [0.1, 0.15) is 19.3 Å². The molecule has 2 heteroatoms. The molecule has 0 amide bonds. The van der Waals surface area contributed by atoms with Gasteiger partial charge in [0.1, 0.15) is 7.05 Å². The van der Waals surface area contributed by atoms with Crippen LogP contribution in [0.4, 0.5) is 5.69 Å². The average molecular weight is 303 g/mol. The van der Waals surface area contributed by atoms with Gasteiger partial charge in [-0.1, -0.05) is 36.4 Å². The van der Waals surface area contributed by atoms with Gasteiger partial charge in [0.15, 0.2) is 6.20 Å². The molecule has 1 aromatic heterocycles. The number of rotatable bonds is 2. The molecule has 1 aliphatic heterocycles. The highest BCUT2D eigenvalue weighted by atomic mass is 15.1. The highest BCUT2D eigenvalue weighted by molar-refractivity contribution is 5.95. The molecule has 1 fully saturated rings. The normalized spacial score (nSPS) is 15.1. The van der Waals surface area contributed by atoms with E-state index >= 15 is 0 Å². The molecular formula is C21H23N2+. The number of aromatic nitrogens is 1. The molecule has 0 saturated carbocycles. The number of nitrogens with zero attached hydrogens (tertiary/aromatic N) is 2. The zero-order valence-electron chi connectivity index (χ0n) is 13.7. The van der Waals surface area contributed by atoms with Gasteiger partial charge in [-0.15, -0.1) is 0 Å². The molecule has 0 bridgehead atoms. The molecule has 3 aromatic rings. The van der Waals surface area contributed by atoms with Crippen LogP contribution in [0.25, 0.3) is 22.0 Å². The zero-order chi connectivity index (χ0) is 15.6. The molecule has 4 rings (SSSR count). The number of pyridine rings is 1. The highest BCUT2D eigenvalue weighted by Crippen LogP contribution is 2.29. The Balaban J connectivity index is 1.84. The van der Waals surface area contributed by atoms with Gasteiger partial charge in [-0.25, -0.2) is 4.57 Å². The zero-order valence-corrected chi connectivity index (χ0v) is 13.7. The lowest BCUT2D eigenvalue weighted by atomic mass is 10.0. The van der Waals surface area contributed by atoms with Gasteiger partial charge in [0, 0.05) is 30.9 Å². The van der Waals surface area contributed by atoms with E-state index in [4.69, 9.17) is 0 Å². The number of benzene rings is 2. The minimum atomic E-state index is 1.18. The lowest BCUT2D eigenvalue weighted by Gasteiger charge is -2.28. The first kappa shape index (κ1) is 14.3. The third-order valence-corrected chi connectivity index (χ3v) is 4.92. The van der Waals surface area contributed by atoms with Crippen molar-refractivity contribution in [2.45, 2.75) is 19.3 Å². The first-order chi connectivity index (χ1) is 11.3. The fourth-order valence-electron chi connectivity index (χ4n) is 3.62. The van der Waals surface area contributed by atoms with Gasteiger partial charge in [-0.05, 0) is 36.1 Å². The average Bonchev–Trinajstić information content (AvgIpc) is 2.62. The van der Waals surface area contributed by atoms with Crippen LogP contribution in [-0.2, 0) is 7.05 Å². The summed E-state index contributed by atoms with van der Waals surface area (Å²) in [5.41, 5.74) is 3.94. The minimum Gasteiger partial charge on any atom is -0.371 e. The SMILES string of the molecule is C[n+]1ccc(N2CCCCC2)cc1-c1cccc2ccccc12. The molecule has 1 saturated heterocycles. The summed E-state index contributed by atoms with van der Waals surface area (Å²) in [6.07, 6.45) is 6.18. The van der Waals surface area contributed by atoms with E-state index in [0.717, 1.165) is 0 Å². The molecule has 0 atom stereocenters. The number of hydrogen-bond acceptors (Lipinski definition) is 1. The molecule has 116 valence electrons. The summed E-state index contributed by atoms with van der Waals surface area (Å²) in [6, 6.07) is 19.8. The second kappa shape index (κ2) is 6.04. The van der Waals surface area contributed by atoms with Crippen molar-refractivity contribution >= 4 is 16.5 Å². The molecule has 0 spiro atoms. The van der Waals surface area contributed by atoms with Crippen LogP contribution in [0.5, 0.6) is 0 Å². The van der Waals surface area contributed by atoms with Gasteiger partial charge in [-0.3, -0.25) is 0 Å². The fraction of sp³-hybridized carbons (Fsp3) is 0.286. The van der Waals surface area contributed by atoms with E-state index < -0.39 is 0 Å². The van der Waals surface area contributed by atoms with Gasteiger partial charge in [0.25, 0.3) is 0 Å². The summed E-state index contributed by atoms with van der Waals surface area (Å²) in [5.74, 6) is 0. The minimum absolute atomic E-state index is 1.18. The lowest BCUT2D eigenvalue weighted by molar-refractivity contribution is -0.660. The van der Waals surface area contributed by atoms with Gasteiger partial charge in [0.05, 0.1) is 5.56 Å². The number of hydrogen-bond donors (Lipinski definition) is 0. The molecule has 2 aromatic carbocycles. The van der Waals surface area contributed by atoms with Gasteiger partial charge in [0.2, 0.25) is 5.69 Å². The highest BCUT2D eigenvalue weighted by Gasteiger charge is 2.17. The molecule has 0 unspecified atom stereocenters. The molecular weight excluding hydrogens is 280 g/mol. The summed E-state index contributed by atoms with van der Waals surface area (Å²) >= 11 is 0. The summed E-state index contributed by atoms with van der Waals surface area (Å²) in [5, 5.41) is 2.62. The van der Waals surface area contributed by atoms with E-state index in [2.05, 4.69) is 77.3 Å². The van der Waals surface area contributed by atoms with Crippen molar-refractivity contribution in [3.8, 4) is 11.3 Å². The summed E-state index contributed by atoms with van der Waals surface area (Å²) in [7, 11) is 2.14. The van der Waals surface area contributed by atoms with Crippen LogP contribution in [0.3, 0.4) is 0 Å². The molecule has 2 heterocycles. The molecule has 23 heavy (non-hydrogen) atoms. The predicted octanol–water partition coefficient (Wildman–Crippen LogP) is 4.32. The topological polar surface area (TPSA) is 7.12 Å². The molecule has 1 aliphatic rings. The van der Waals surface area contributed by atoms with Crippen LogP contribution in [0, 0.1) is 0 Å². The van der Waals surface area contributed by atoms with Gasteiger partial charge in [-0.2, -0.15) is 0 Å². The third kappa shape index (κ3) is 2.70. The van der Waals surface area contributed by atoms with Crippen LogP contribution < -0.4 is 9.47 Å². The Hall–Kier alpha value is -2.35. The third-order valence-electron chi connectivity index (χ3n) is 4.92. The maximum absolute atomic E-state index is 2.53. The lowest BCUT2D eigenvalue weighted by Crippen LogP contribution is -2.33. The van der Waals surface area contributed by atoms with Crippen molar-refractivity contribution < 1.29 is 4.57 Å². The Morgan fingerprint density at radius 2 is 1.65 bits per heavy atom. The Bertz CT molecular complexity index is 827. The van der Waals surface area contributed by atoms with E-state index in [1.807, 2.05) is 0 Å². The molecule has 0 aliphatic carbocycles. The number of aryl methyl sites for hydroxylation is 1. The van der Waals surface area contributed by atoms with Crippen molar-refractivity contribution in [3.05, 3.63) is 60.8 Å². The monoisotopic (exact) mass is 303 g/mol. The van der Waals surface area contributed by atoms with Crippen molar-refractivity contribution in [1.82, 2.24) is 0 Å². The van der Waals surface area contributed by atoms with Crippen LogP contribution in [-0.4, -0.2) is 13.1 Å². The predicted molar refractivity (Wildman–Crippen MR) is 96.6 cm³/mol. The standard InChI is InChI=1S/C21H23N2/c1-22-15-12-18(23-13-5-2-6-14-23)16-21(22)20-11-7-9-17-8-3-4-10-19(17)20/h3-4,7-12,15-16H,2,5-6,13-14H2,1H3/q+1. The Kier molecular flexibility index (Phi) is 3.74. The Morgan fingerprint density at radius 1 is 0.870 bits per heavy atom. The number of anilines is 1. The van der Waals surface area contributed by atoms with Crippen LogP contribution in [0.2, 0.25) is 0 Å². The van der Waals surface area contributed by atoms with Crippen molar-refractivity contribution in [3.63, 3.8) is 0 Å². The van der Waals surface area contributed by atoms with Crippen molar-refractivity contribution in [2.75, 3.05) is 18.0 Å². The summed E-state index contributed by atoms with van der Waals surface area (Å²) in [6.45, 7) is 2.37. The summed E-state index contributed by atoms with van der Waals surface area (Å²) in [4.78, 5) is 2.53. The Morgan fingerprint density at radius 3 is 2.52 bits per heavy atom.